The zero-order valence-electron chi connectivity index (χ0n) is 16.3. The van der Waals surface area contributed by atoms with Gasteiger partial charge in [0, 0.05) is 12.0 Å². The van der Waals surface area contributed by atoms with Crippen LogP contribution in [-0.2, 0) is 4.79 Å². The zero-order chi connectivity index (χ0) is 20.6. The van der Waals surface area contributed by atoms with E-state index in [1.165, 1.54) is 0 Å². The van der Waals surface area contributed by atoms with Crippen LogP contribution in [0.5, 0.6) is 5.75 Å². The summed E-state index contributed by atoms with van der Waals surface area (Å²) in [6.07, 6.45) is 2.11. The first-order chi connectivity index (χ1) is 14.1. The van der Waals surface area contributed by atoms with Crippen LogP contribution < -0.4 is 15.4 Å². The largest absolute Gasteiger partial charge is 0.497 e. The van der Waals surface area contributed by atoms with Gasteiger partial charge >= 0.3 is 6.01 Å². The molecule has 8 nitrogen and oxygen atoms in total. The van der Waals surface area contributed by atoms with Crippen molar-refractivity contribution in [2.24, 2.45) is 0 Å². The number of ether oxygens (including phenoxy) is 1. The van der Waals surface area contributed by atoms with Gasteiger partial charge in [-0.15, -0.1) is 5.10 Å². The lowest BCUT2D eigenvalue weighted by Gasteiger charge is -2.10. The molecule has 8 heteroatoms. The lowest BCUT2D eigenvalue weighted by atomic mass is 10.1. The van der Waals surface area contributed by atoms with Gasteiger partial charge in [0.05, 0.1) is 18.4 Å². The predicted octanol–water partition coefficient (Wildman–Crippen LogP) is 4.13. The van der Waals surface area contributed by atoms with Crippen molar-refractivity contribution in [1.82, 2.24) is 10.2 Å². The van der Waals surface area contributed by atoms with Crippen molar-refractivity contribution in [3.8, 4) is 17.2 Å². The van der Waals surface area contributed by atoms with E-state index in [1.54, 1.807) is 55.6 Å². The number of hydrogen-bond acceptors (Lipinski definition) is 6. The molecular weight excluding hydrogens is 372 g/mol. The molecule has 150 valence electrons. The Bertz CT molecular complexity index is 982. The highest BCUT2D eigenvalue weighted by Gasteiger charge is 2.16. The Morgan fingerprint density at radius 2 is 1.79 bits per heavy atom. The summed E-state index contributed by atoms with van der Waals surface area (Å²) in [6, 6.07) is 13.8. The van der Waals surface area contributed by atoms with Crippen LogP contribution in [0.1, 0.15) is 36.5 Å². The maximum absolute atomic E-state index is 12.7. The van der Waals surface area contributed by atoms with Gasteiger partial charge < -0.3 is 14.5 Å². The molecule has 0 aliphatic heterocycles. The molecule has 0 spiro atoms. The Morgan fingerprint density at radius 1 is 1.03 bits per heavy atom. The second-order valence-electron chi connectivity index (χ2n) is 6.29. The molecule has 0 fully saturated rings. The minimum Gasteiger partial charge on any atom is -0.497 e. The third-order valence-electron chi connectivity index (χ3n) is 4.19. The molecule has 1 heterocycles. The molecule has 2 N–H and O–H groups in total. The first-order valence-corrected chi connectivity index (χ1v) is 9.29. The van der Waals surface area contributed by atoms with E-state index in [0.717, 1.165) is 12.8 Å². The highest BCUT2D eigenvalue weighted by molar-refractivity contribution is 6.09. The van der Waals surface area contributed by atoms with E-state index in [4.69, 9.17) is 9.15 Å². The number of methoxy groups -OCH3 is 1. The van der Waals surface area contributed by atoms with Gasteiger partial charge in [0.2, 0.25) is 11.8 Å². The van der Waals surface area contributed by atoms with Crippen molar-refractivity contribution in [2.45, 2.75) is 26.2 Å². The first-order valence-electron chi connectivity index (χ1n) is 9.29. The average molecular weight is 394 g/mol. The van der Waals surface area contributed by atoms with E-state index < -0.39 is 5.91 Å². The van der Waals surface area contributed by atoms with Crippen molar-refractivity contribution in [2.75, 3.05) is 17.7 Å². The second kappa shape index (κ2) is 9.50. The van der Waals surface area contributed by atoms with Gasteiger partial charge in [-0.3, -0.25) is 14.9 Å². The van der Waals surface area contributed by atoms with Crippen LogP contribution in [0.3, 0.4) is 0 Å². The number of carbonyl (C=O) groups is 2. The van der Waals surface area contributed by atoms with Crippen LogP contribution in [0, 0.1) is 0 Å². The van der Waals surface area contributed by atoms with E-state index >= 15 is 0 Å². The molecule has 0 saturated heterocycles. The predicted molar refractivity (Wildman–Crippen MR) is 109 cm³/mol. The van der Waals surface area contributed by atoms with E-state index in [9.17, 15) is 9.59 Å². The van der Waals surface area contributed by atoms with Crippen LogP contribution in [0.25, 0.3) is 11.5 Å². The lowest BCUT2D eigenvalue weighted by molar-refractivity contribution is -0.116. The molecular formula is C21H22N4O4. The highest BCUT2D eigenvalue weighted by atomic mass is 16.5. The number of aromatic nitrogens is 2. The van der Waals surface area contributed by atoms with Crippen molar-refractivity contribution in [3.05, 3.63) is 54.1 Å². The topological polar surface area (TPSA) is 106 Å². The smallest absolute Gasteiger partial charge is 0.322 e. The van der Waals surface area contributed by atoms with Crippen molar-refractivity contribution in [3.63, 3.8) is 0 Å². The molecule has 3 rings (SSSR count). The fourth-order valence-electron chi connectivity index (χ4n) is 2.63. The Labute approximate surface area is 168 Å². The molecule has 2 aromatic carbocycles. The van der Waals surface area contributed by atoms with E-state index in [2.05, 4.69) is 20.8 Å². The Hall–Kier alpha value is -3.68. The third-order valence-corrected chi connectivity index (χ3v) is 4.19. The van der Waals surface area contributed by atoms with Crippen LogP contribution >= 0.6 is 0 Å². The number of anilines is 2. The maximum atomic E-state index is 12.7. The van der Waals surface area contributed by atoms with Gasteiger partial charge in [-0.1, -0.05) is 30.6 Å². The van der Waals surface area contributed by atoms with Crippen LogP contribution in [0.4, 0.5) is 11.7 Å². The summed E-state index contributed by atoms with van der Waals surface area (Å²) in [5.41, 5.74) is 1.44. The fourth-order valence-corrected chi connectivity index (χ4v) is 2.63. The number of rotatable bonds is 8. The van der Waals surface area contributed by atoms with Crippen LogP contribution in [0.15, 0.2) is 52.9 Å². The molecule has 0 aliphatic rings. The lowest BCUT2D eigenvalue weighted by Crippen LogP contribution is -2.18. The normalized spacial score (nSPS) is 10.4. The summed E-state index contributed by atoms with van der Waals surface area (Å²) >= 11 is 0. The van der Waals surface area contributed by atoms with Gasteiger partial charge in [0.15, 0.2) is 0 Å². The zero-order valence-corrected chi connectivity index (χ0v) is 16.3. The van der Waals surface area contributed by atoms with Gasteiger partial charge in [0.25, 0.3) is 5.91 Å². The Kier molecular flexibility index (Phi) is 6.57. The summed E-state index contributed by atoms with van der Waals surface area (Å²) < 4.78 is 10.6. The Balaban J connectivity index is 1.71. The van der Waals surface area contributed by atoms with Crippen molar-refractivity contribution >= 4 is 23.5 Å². The minimum absolute atomic E-state index is 0.0343. The third kappa shape index (κ3) is 5.19. The highest BCUT2D eigenvalue weighted by Crippen LogP contribution is 2.23. The summed E-state index contributed by atoms with van der Waals surface area (Å²) in [4.78, 5) is 24.7. The maximum Gasteiger partial charge on any atom is 0.322 e. The number of nitrogens with one attached hydrogen (secondary N) is 2. The summed E-state index contributed by atoms with van der Waals surface area (Å²) in [5, 5.41) is 13.2. The number of benzene rings is 2. The summed E-state index contributed by atoms with van der Waals surface area (Å²) in [6.45, 7) is 2.01. The molecule has 0 unspecified atom stereocenters. The van der Waals surface area contributed by atoms with Gasteiger partial charge in [-0.2, -0.15) is 0 Å². The van der Waals surface area contributed by atoms with Crippen LogP contribution in [0.2, 0.25) is 0 Å². The number of carbonyl (C=O) groups excluding carboxylic acids is 2. The number of unbranched alkanes of at least 4 members (excludes halogenated alkanes) is 1. The fraction of sp³-hybridized carbons (Fsp3) is 0.238. The number of nitrogens with zero attached hydrogens (tertiary/aromatic N) is 2. The summed E-state index contributed by atoms with van der Waals surface area (Å²) in [7, 11) is 1.58. The molecule has 0 aliphatic carbocycles. The number of hydrogen-bond donors (Lipinski definition) is 2. The molecule has 0 atom stereocenters. The van der Waals surface area contributed by atoms with E-state index in [-0.39, 0.29) is 17.8 Å². The molecule has 0 bridgehead atoms. The molecule has 29 heavy (non-hydrogen) atoms. The molecule has 2 amide bonds. The molecule has 3 aromatic rings. The molecule has 1 aromatic heterocycles. The van der Waals surface area contributed by atoms with E-state index in [0.29, 0.717) is 29.0 Å². The molecule has 0 radical (unpaired) electrons. The average Bonchev–Trinajstić information content (AvgIpc) is 3.21. The Morgan fingerprint density at radius 3 is 2.52 bits per heavy atom. The van der Waals surface area contributed by atoms with E-state index in [1.807, 2.05) is 6.92 Å². The quantitative estimate of drug-likeness (QED) is 0.595. The van der Waals surface area contributed by atoms with Gasteiger partial charge in [-0.05, 0) is 42.8 Å². The van der Waals surface area contributed by atoms with Gasteiger partial charge in [-0.25, -0.2) is 0 Å². The van der Waals surface area contributed by atoms with Crippen LogP contribution in [-0.4, -0.2) is 29.1 Å². The number of amides is 2. The summed E-state index contributed by atoms with van der Waals surface area (Å²) in [5.74, 6) is 0.386. The number of para-hydroxylation sites is 1. The first kappa shape index (κ1) is 20.1. The standard InChI is InChI=1S/C21H22N4O4/c1-3-4-9-18(26)22-17-8-6-5-7-16(17)19(27)23-21-25-24-20(29-21)14-10-12-15(28-2)13-11-14/h5-8,10-13H,3-4,9H2,1-2H3,(H,22,26)(H,23,25,27). The van der Waals surface area contributed by atoms with Gasteiger partial charge in [0.1, 0.15) is 5.75 Å². The monoisotopic (exact) mass is 394 g/mol. The van der Waals surface area contributed by atoms with Crippen molar-refractivity contribution in [1.29, 1.82) is 0 Å². The van der Waals surface area contributed by atoms with Crippen molar-refractivity contribution < 1.29 is 18.7 Å². The molecule has 0 saturated carbocycles. The SMILES string of the molecule is CCCCC(=O)Nc1ccccc1C(=O)Nc1nnc(-c2ccc(OC)cc2)o1. The minimum atomic E-state index is -0.457. The second-order valence-corrected chi connectivity index (χ2v) is 6.29.